The second-order valence-corrected chi connectivity index (χ2v) is 10.2. The first-order valence-electron chi connectivity index (χ1n) is 11.0. The second kappa shape index (κ2) is 8.63. The molecule has 4 rings (SSSR count). The molecule has 2 aliphatic heterocycles. The Morgan fingerprint density at radius 2 is 1.55 bits per heavy atom. The van der Waals surface area contributed by atoms with E-state index in [1.165, 1.54) is 17.7 Å². The molecule has 1 saturated heterocycles. The summed E-state index contributed by atoms with van der Waals surface area (Å²) in [5.41, 5.74) is 2.60. The monoisotopic (exact) mass is 475 g/mol. The summed E-state index contributed by atoms with van der Waals surface area (Å²) in [6.45, 7) is 7.99. The highest BCUT2D eigenvalue weighted by Crippen LogP contribution is 2.37. The summed E-state index contributed by atoms with van der Waals surface area (Å²) >= 11 is 5.62. The largest absolute Gasteiger partial charge is 0.416 e. The Kier molecular flexibility index (Phi) is 6.16. The van der Waals surface area contributed by atoms with E-state index in [-0.39, 0.29) is 5.41 Å². The van der Waals surface area contributed by atoms with Gasteiger partial charge < -0.3 is 15.1 Å². The summed E-state index contributed by atoms with van der Waals surface area (Å²) in [5.74, 6) is 0. The summed E-state index contributed by atoms with van der Waals surface area (Å²) in [5, 5.41) is 8.20. The SMILES string of the molecule is CC(C)(C)c1ccc(NC(=S)N2CCC3(CC2)CC(c2ccc(C(F)(F)F)cc2)=NO3)cc1. The van der Waals surface area contributed by atoms with E-state index < -0.39 is 17.3 Å². The average Bonchev–Trinajstić information content (AvgIpc) is 3.17. The normalized spacial score (nSPS) is 18.1. The van der Waals surface area contributed by atoms with Crippen molar-refractivity contribution < 1.29 is 18.0 Å². The Bertz CT molecular complexity index is 1030. The first kappa shape index (κ1) is 23.5. The Morgan fingerprint density at radius 3 is 2.09 bits per heavy atom. The van der Waals surface area contributed by atoms with E-state index in [9.17, 15) is 13.2 Å². The van der Waals surface area contributed by atoms with E-state index in [2.05, 4.69) is 48.3 Å². The van der Waals surface area contributed by atoms with Gasteiger partial charge in [-0.1, -0.05) is 50.2 Å². The van der Waals surface area contributed by atoms with Crippen LogP contribution in [0.5, 0.6) is 0 Å². The van der Waals surface area contributed by atoms with Crippen LogP contribution in [0.2, 0.25) is 0 Å². The van der Waals surface area contributed by atoms with Gasteiger partial charge in [0.15, 0.2) is 5.11 Å². The molecule has 0 aliphatic carbocycles. The van der Waals surface area contributed by atoms with Crippen LogP contribution in [-0.4, -0.2) is 34.4 Å². The highest BCUT2D eigenvalue weighted by molar-refractivity contribution is 7.80. The number of thiocarbonyl (C=S) groups is 1. The molecule has 2 aromatic rings. The number of nitrogens with zero attached hydrogens (tertiary/aromatic N) is 2. The van der Waals surface area contributed by atoms with Gasteiger partial charge in [0.2, 0.25) is 0 Å². The van der Waals surface area contributed by atoms with Crippen molar-refractivity contribution in [3.05, 3.63) is 65.2 Å². The molecule has 2 heterocycles. The second-order valence-electron chi connectivity index (χ2n) is 9.81. The summed E-state index contributed by atoms with van der Waals surface area (Å²) in [6, 6.07) is 13.4. The molecule has 33 heavy (non-hydrogen) atoms. The van der Waals surface area contributed by atoms with Crippen molar-refractivity contribution in [3.8, 4) is 0 Å². The van der Waals surface area contributed by atoms with Crippen molar-refractivity contribution in [2.45, 2.75) is 57.2 Å². The molecule has 2 aliphatic rings. The van der Waals surface area contributed by atoms with Crippen molar-refractivity contribution >= 4 is 28.7 Å². The highest BCUT2D eigenvalue weighted by Gasteiger charge is 2.43. The van der Waals surface area contributed by atoms with Gasteiger partial charge in [-0.05, 0) is 53.0 Å². The van der Waals surface area contributed by atoms with Crippen LogP contribution in [0.1, 0.15) is 56.7 Å². The van der Waals surface area contributed by atoms with Crippen LogP contribution in [0.25, 0.3) is 0 Å². The lowest BCUT2D eigenvalue weighted by atomic mass is 9.85. The molecule has 176 valence electrons. The maximum absolute atomic E-state index is 12.8. The molecule has 0 saturated carbocycles. The number of nitrogens with one attached hydrogen (secondary N) is 1. The number of piperidine rings is 1. The topological polar surface area (TPSA) is 36.9 Å². The predicted molar refractivity (Wildman–Crippen MR) is 129 cm³/mol. The fourth-order valence-corrected chi connectivity index (χ4v) is 4.47. The molecular weight excluding hydrogens is 447 g/mol. The van der Waals surface area contributed by atoms with Crippen LogP contribution in [0.15, 0.2) is 53.7 Å². The molecule has 0 aromatic heterocycles. The van der Waals surface area contributed by atoms with Crippen molar-refractivity contribution in [2.75, 3.05) is 18.4 Å². The summed E-state index contributed by atoms with van der Waals surface area (Å²) < 4.78 is 38.4. The summed E-state index contributed by atoms with van der Waals surface area (Å²) in [6.07, 6.45) is -2.28. The molecule has 1 N–H and O–H groups in total. The average molecular weight is 476 g/mol. The molecule has 4 nitrogen and oxygen atoms in total. The lowest BCUT2D eigenvalue weighted by molar-refractivity contribution is -0.137. The van der Waals surface area contributed by atoms with Gasteiger partial charge in [0.1, 0.15) is 5.60 Å². The number of anilines is 1. The standard InChI is InChI=1S/C25H28F3N3OS/c1-23(2,3)18-8-10-20(11-9-18)29-22(33)31-14-12-24(13-15-31)16-21(30-32-24)17-4-6-19(7-5-17)25(26,27)28/h4-11H,12-16H2,1-3H3,(H,29,33). The van der Waals surface area contributed by atoms with E-state index in [1.807, 2.05) is 12.1 Å². The smallest absolute Gasteiger partial charge is 0.388 e. The van der Waals surface area contributed by atoms with Crippen LogP contribution < -0.4 is 5.32 Å². The van der Waals surface area contributed by atoms with Crippen LogP contribution in [-0.2, 0) is 16.4 Å². The first-order chi connectivity index (χ1) is 15.5. The van der Waals surface area contributed by atoms with Crippen LogP contribution in [0.4, 0.5) is 18.9 Å². The van der Waals surface area contributed by atoms with Gasteiger partial charge in [0, 0.05) is 38.0 Å². The zero-order valence-corrected chi connectivity index (χ0v) is 19.8. The number of benzene rings is 2. The Morgan fingerprint density at radius 1 is 0.970 bits per heavy atom. The maximum atomic E-state index is 12.8. The van der Waals surface area contributed by atoms with Crippen LogP contribution in [0.3, 0.4) is 0 Å². The van der Waals surface area contributed by atoms with E-state index in [1.54, 1.807) is 0 Å². The van der Waals surface area contributed by atoms with Crippen molar-refractivity contribution in [2.24, 2.45) is 5.16 Å². The molecular formula is C25H28F3N3OS. The van der Waals surface area contributed by atoms with Gasteiger partial charge in [-0.2, -0.15) is 13.2 Å². The van der Waals surface area contributed by atoms with Crippen molar-refractivity contribution in [1.82, 2.24) is 4.90 Å². The number of hydrogen-bond acceptors (Lipinski definition) is 3. The Labute approximate surface area is 197 Å². The zero-order valence-electron chi connectivity index (χ0n) is 19.0. The molecule has 0 amide bonds. The number of halogens is 3. The van der Waals surface area contributed by atoms with Gasteiger partial charge in [0.25, 0.3) is 0 Å². The fraction of sp³-hybridized carbons (Fsp3) is 0.440. The minimum absolute atomic E-state index is 0.100. The number of likely N-dealkylation sites (tertiary alicyclic amines) is 1. The van der Waals surface area contributed by atoms with Crippen LogP contribution >= 0.6 is 12.2 Å². The molecule has 1 spiro atoms. The lowest BCUT2D eigenvalue weighted by Gasteiger charge is -2.38. The molecule has 2 aromatic carbocycles. The van der Waals surface area contributed by atoms with Gasteiger partial charge in [0.05, 0.1) is 11.3 Å². The molecule has 0 bridgehead atoms. The van der Waals surface area contributed by atoms with E-state index >= 15 is 0 Å². The van der Waals surface area contributed by atoms with E-state index in [0.717, 1.165) is 43.8 Å². The third-order valence-corrected chi connectivity index (χ3v) is 6.71. The first-order valence-corrected chi connectivity index (χ1v) is 11.5. The van der Waals surface area contributed by atoms with E-state index in [0.29, 0.717) is 22.8 Å². The molecule has 0 unspecified atom stereocenters. The minimum atomic E-state index is -4.35. The van der Waals surface area contributed by atoms with Crippen molar-refractivity contribution in [1.29, 1.82) is 0 Å². The third-order valence-electron chi connectivity index (χ3n) is 6.35. The number of rotatable bonds is 2. The molecule has 0 radical (unpaired) electrons. The highest BCUT2D eigenvalue weighted by atomic mass is 32.1. The predicted octanol–water partition coefficient (Wildman–Crippen LogP) is 6.36. The number of alkyl halides is 3. The molecule has 1 fully saturated rings. The Hall–Kier alpha value is -2.61. The van der Waals surface area contributed by atoms with Crippen molar-refractivity contribution in [3.63, 3.8) is 0 Å². The van der Waals surface area contributed by atoms with Gasteiger partial charge in [-0.15, -0.1) is 0 Å². The fourth-order valence-electron chi connectivity index (χ4n) is 4.17. The Balaban J connectivity index is 1.31. The maximum Gasteiger partial charge on any atom is 0.416 e. The van der Waals surface area contributed by atoms with Gasteiger partial charge in [-0.25, -0.2) is 0 Å². The molecule has 0 atom stereocenters. The van der Waals surface area contributed by atoms with Gasteiger partial charge >= 0.3 is 6.18 Å². The van der Waals surface area contributed by atoms with Gasteiger partial charge in [-0.3, -0.25) is 0 Å². The quantitative estimate of drug-likeness (QED) is 0.513. The number of hydrogen-bond donors (Lipinski definition) is 1. The lowest BCUT2D eigenvalue weighted by Crippen LogP contribution is -2.48. The molecule has 8 heteroatoms. The summed E-state index contributed by atoms with van der Waals surface area (Å²) in [4.78, 5) is 7.94. The number of oxime groups is 1. The minimum Gasteiger partial charge on any atom is -0.388 e. The third kappa shape index (κ3) is 5.32. The van der Waals surface area contributed by atoms with Crippen LogP contribution in [0, 0.1) is 0 Å². The van der Waals surface area contributed by atoms with E-state index in [4.69, 9.17) is 17.1 Å². The zero-order chi connectivity index (χ0) is 23.9. The summed E-state index contributed by atoms with van der Waals surface area (Å²) in [7, 11) is 0.